The number of β-amino-alcohol motifs (C(OH)–C–C–N with tert-alkyl or cyclic N) is 1. The van der Waals surface area contributed by atoms with Crippen molar-refractivity contribution >= 4 is 12.0 Å². The van der Waals surface area contributed by atoms with Gasteiger partial charge in [0.2, 0.25) is 5.91 Å². The Labute approximate surface area is 106 Å². The van der Waals surface area contributed by atoms with Crippen molar-refractivity contribution < 1.29 is 14.3 Å². The van der Waals surface area contributed by atoms with Gasteiger partial charge < -0.3 is 10.0 Å². The van der Waals surface area contributed by atoms with Crippen LogP contribution in [0.4, 0.5) is 4.39 Å². The minimum absolute atomic E-state index is 0.155. The van der Waals surface area contributed by atoms with Crippen LogP contribution >= 0.6 is 0 Å². The molecule has 0 aromatic heterocycles. The summed E-state index contributed by atoms with van der Waals surface area (Å²) in [5, 5.41) is 9.79. The second kappa shape index (κ2) is 4.90. The van der Waals surface area contributed by atoms with Crippen molar-refractivity contribution in [2.45, 2.75) is 18.9 Å². The third kappa shape index (κ3) is 2.76. The van der Waals surface area contributed by atoms with Crippen LogP contribution < -0.4 is 0 Å². The number of benzene rings is 1. The second-order valence-corrected chi connectivity index (χ2v) is 4.66. The van der Waals surface area contributed by atoms with Gasteiger partial charge in [0.15, 0.2) is 0 Å². The molecule has 1 aliphatic rings. The van der Waals surface area contributed by atoms with Gasteiger partial charge in [-0.15, -0.1) is 0 Å². The molecule has 0 spiro atoms. The van der Waals surface area contributed by atoms with Gasteiger partial charge in [0, 0.05) is 6.08 Å². The Morgan fingerprint density at radius 1 is 1.56 bits per heavy atom. The van der Waals surface area contributed by atoms with E-state index in [0.29, 0.717) is 25.1 Å². The van der Waals surface area contributed by atoms with Crippen molar-refractivity contribution in [1.82, 2.24) is 4.90 Å². The van der Waals surface area contributed by atoms with E-state index in [-0.39, 0.29) is 11.7 Å². The molecule has 0 atom stereocenters. The van der Waals surface area contributed by atoms with Crippen LogP contribution in [0.5, 0.6) is 0 Å². The average molecular weight is 249 g/mol. The van der Waals surface area contributed by atoms with E-state index in [4.69, 9.17) is 0 Å². The number of carbonyl (C=O) groups excluding carboxylic acids is 1. The zero-order valence-electron chi connectivity index (χ0n) is 10.3. The number of aliphatic hydroxyl groups is 1. The third-order valence-corrected chi connectivity index (χ3v) is 3.21. The summed E-state index contributed by atoms with van der Waals surface area (Å²) in [6, 6.07) is 6.04. The number of hydrogen-bond acceptors (Lipinski definition) is 2. The number of amides is 1. The van der Waals surface area contributed by atoms with Crippen LogP contribution in [0.25, 0.3) is 6.08 Å². The number of likely N-dealkylation sites (tertiary alicyclic amines) is 1. The largest absolute Gasteiger partial charge is 0.386 e. The van der Waals surface area contributed by atoms with Gasteiger partial charge in [0.05, 0.1) is 18.7 Å². The number of hydrogen-bond donors (Lipinski definition) is 1. The molecule has 3 nitrogen and oxygen atoms in total. The van der Waals surface area contributed by atoms with Gasteiger partial charge in [0.1, 0.15) is 5.82 Å². The first-order valence-corrected chi connectivity index (χ1v) is 5.97. The van der Waals surface area contributed by atoms with Crippen molar-refractivity contribution in [2.24, 2.45) is 0 Å². The van der Waals surface area contributed by atoms with Crippen molar-refractivity contribution in [2.75, 3.05) is 13.1 Å². The van der Waals surface area contributed by atoms with Crippen LogP contribution in [0, 0.1) is 5.82 Å². The molecule has 1 aromatic carbocycles. The zero-order chi connectivity index (χ0) is 13.2. The van der Waals surface area contributed by atoms with Crippen LogP contribution in [0.3, 0.4) is 0 Å². The fourth-order valence-corrected chi connectivity index (χ4v) is 1.93. The van der Waals surface area contributed by atoms with Crippen LogP contribution in [-0.4, -0.2) is 34.6 Å². The quantitative estimate of drug-likeness (QED) is 0.830. The highest BCUT2D eigenvalue weighted by Crippen LogP contribution is 2.24. The summed E-state index contributed by atoms with van der Waals surface area (Å²) in [7, 11) is 0. The Bertz CT molecular complexity index is 478. The summed E-state index contributed by atoms with van der Waals surface area (Å²) in [5.74, 6) is -0.480. The first-order valence-electron chi connectivity index (χ1n) is 5.97. The molecular weight excluding hydrogens is 233 g/mol. The summed E-state index contributed by atoms with van der Waals surface area (Å²) >= 11 is 0. The molecule has 0 saturated carbocycles. The van der Waals surface area contributed by atoms with Gasteiger partial charge in [0.25, 0.3) is 0 Å². The second-order valence-electron chi connectivity index (χ2n) is 4.66. The molecule has 96 valence electrons. The van der Waals surface area contributed by atoms with Crippen LogP contribution in [-0.2, 0) is 4.79 Å². The Morgan fingerprint density at radius 2 is 2.28 bits per heavy atom. The van der Waals surface area contributed by atoms with E-state index in [1.165, 1.54) is 18.2 Å². The molecule has 1 aliphatic heterocycles. The van der Waals surface area contributed by atoms with Crippen molar-refractivity contribution in [3.63, 3.8) is 0 Å². The number of carbonyl (C=O) groups is 1. The molecule has 0 bridgehead atoms. The van der Waals surface area contributed by atoms with E-state index in [0.717, 1.165) is 0 Å². The molecule has 1 saturated heterocycles. The summed E-state index contributed by atoms with van der Waals surface area (Å²) in [5.41, 5.74) is -0.0721. The molecule has 0 aliphatic carbocycles. The van der Waals surface area contributed by atoms with E-state index < -0.39 is 5.60 Å². The summed E-state index contributed by atoms with van der Waals surface area (Å²) < 4.78 is 12.9. The maximum Gasteiger partial charge on any atom is 0.246 e. The molecule has 2 rings (SSSR count). The molecule has 1 amide bonds. The Morgan fingerprint density at radius 3 is 2.89 bits per heavy atom. The topological polar surface area (TPSA) is 40.5 Å². The van der Waals surface area contributed by atoms with Crippen molar-refractivity contribution in [1.29, 1.82) is 0 Å². The minimum atomic E-state index is -0.720. The highest BCUT2D eigenvalue weighted by Gasteiger charge is 2.41. The maximum absolute atomic E-state index is 12.9. The summed E-state index contributed by atoms with van der Waals surface area (Å²) in [6.07, 6.45) is 3.63. The van der Waals surface area contributed by atoms with Crippen LogP contribution in [0.15, 0.2) is 30.3 Å². The van der Waals surface area contributed by atoms with Crippen LogP contribution in [0.1, 0.15) is 18.9 Å². The minimum Gasteiger partial charge on any atom is -0.386 e. The molecule has 1 aromatic rings. The van der Waals surface area contributed by atoms with Gasteiger partial charge >= 0.3 is 0 Å². The SMILES string of the molecule is CCC1(O)CN(C(=O)C=Cc2cccc(F)c2)C1. The molecule has 1 N–H and O–H groups in total. The number of rotatable bonds is 3. The fraction of sp³-hybridized carbons (Fsp3) is 0.357. The van der Waals surface area contributed by atoms with E-state index in [1.54, 1.807) is 23.1 Å². The maximum atomic E-state index is 12.9. The zero-order valence-corrected chi connectivity index (χ0v) is 10.3. The lowest BCUT2D eigenvalue weighted by Gasteiger charge is -2.45. The summed E-state index contributed by atoms with van der Waals surface area (Å²) in [6.45, 7) is 2.63. The van der Waals surface area contributed by atoms with Crippen molar-refractivity contribution in [3.8, 4) is 0 Å². The fourth-order valence-electron chi connectivity index (χ4n) is 1.93. The molecular formula is C14H16FNO2. The molecule has 0 unspecified atom stereocenters. The predicted molar refractivity (Wildman–Crippen MR) is 67.3 cm³/mol. The first kappa shape index (κ1) is 12.8. The lowest BCUT2D eigenvalue weighted by atomic mass is 9.91. The van der Waals surface area contributed by atoms with Gasteiger partial charge in [-0.25, -0.2) is 4.39 Å². The Hall–Kier alpha value is -1.68. The average Bonchev–Trinajstić information content (AvgIpc) is 2.32. The predicted octanol–water partition coefficient (Wildman–Crippen LogP) is 1.82. The van der Waals surface area contributed by atoms with E-state index in [9.17, 15) is 14.3 Å². The molecule has 4 heteroatoms. The molecule has 18 heavy (non-hydrogen) atoms. The van der Waals surface area contributed by atoms with E-state index in [1.807, 2.05) is 6.92 Å². The smallest absolute Gasteiger partial charge is 0.246 e. The Balaban J connectivity index is 1.93. The van der Waals surface area contributed by atoms with E-state index >= 15 is 0 Å². The number of halogens is 1. The number of nitrogens with zero attached hydrogens (tertiary/aromatic N) is 1. The van der Waals surface area contributed by atoms with E-state index in [2.05, 4.69) is 0 Å². The third-order valence-electron chi connectivity index (χ3n) is 3.21. The molecule has 1 heterocycles. The summed E-state index contributed by atoms with van der Waals surface area (Å²) in [4.78, 5) is 13.3. The molecule has 1 fully saturated rings. The van der Waals surface area contributed by atoms with Gasteiger partial charge in [-0.1, -0.05) is 19.1 Å². The van der Waals surface area contributed by atoms with Crippen molar-refractivity contribution in [3.05, 3.63) is 41.7 Å². The van der Waals surface area contributed by atoms with Gasteiger partial charge in [-0.05, 0) is 30.2 Å². The highest BCUT2D eigenvalue weighted by atomic mass is 19.1. The van der Waals surface area contributed by atoms with Gasteiger partial charge in [-0.2, -0.15) is 0 Å². The first-order chi connectivity index (χ1) is 8.52. The lowest BCUT2D eigenvalue weighted by molar-refractivity contribution is -0.150. The van der Waals surface area contributed by atoms with Crippen LogP contribution in [0.2, 0.25) is 0 Å². The standard InChI is InChI=1S/C14H16FNO2/c1-2-14(18)9-16(10-14)13(17)7-6-11-4-3-5-12(15)8-11/h3-8,18H,2,9-10H2,1H3. The molecule has 0 radical (unpaired) electrons. The monoisotopic (exact) mass is 249 g/mol. The Kier molecular flexibility index (Phi) is 3.48. The van der Waals surface area contributed by atoms with Gasteiger partial charge in [-0.3, -0.25) is 4.79 Å². The highest BCUT2D eigenvalue weighted by molar-refractivity contribution is 5.92. The normalized spacial score (nSPS) is 17.8. The lowest BCUT2D eigenvalue weighted by Crippen LogP contribution is -2.62.